The monoisotopic (exact) mass is 293 g/mol. The highest BCUT2D eigenvalue weighted by Crippen LogP contribution is 2.16. The van der Waals surface area contributed by atoms with Crippen LogP contribution in [0.25, 0.3) is 6.08 Å². The van der Waals surface area contributed by atoms with Crippen molar-refractivity contribution >= 4 is 23.6 Å². The number of imidazole rings is 1. The fourth-order valence-electron chi connectivity index (χ4n) is 1.59. The lowest BCUT2D eigenvalue weighted by atomic mass is 10.2. The third-order valence-corrected chi connectivity index (χ3v) is 2.91. The van der Waals surface area contributed by atoms with Crippen molar-refractivity contribution in [3.63, 3.8) is 0 Å². The molecule has 0 unspecified atom stereocenters. The zero-order chi connectivity index (χ0) is 14.4. The Balaban J connectivity index is 1.81. The second-order valence-electron chi connectivity index (χ2n) is 4.12. The normalized spacial score (nSPS) is 10.9. The van der Waals surface area contributed by atoms with Crippen LogP contribution in [-0.4, -0.2) is 22.4 Å². The largest absolute Gasteiger partial charge is 0.352 e. The second-order valence-corrected chi connectivity index (χ2v) is 4.53. The molecule has 6 heteroatoms. The van der Waals surface area contributed by atoms with Crippen LogP contribution in [0.1, 0.15) is 11.3 Å². The number of halogens is 2. The molecule has 0 saturated carbocycles. The number of benzene rings is 1. The molecular formula is C14H13ClFN3O. The van der Waals surface area contributed by atoms with Gasteiger partial charge in [0.15, 0.2) is 0 Å². The molecule has 0 atom stereocenters. The zero-order valence-electron chi connectivity index (χ0n) is 10.6. The van der Waals surface area contributed by atoms with Crippen LogP contribution in [0, 0.1) is 5.82 Å². The molecule has 2 rings (SSSR count). The molecule has 0 aliphatic heterocycles. The van der Waals surface area contributed by atoms with E-state index in [4.69, 9.17) is 11.6 Å². The molecule has 1 heterocycles. The number of aromatic amines is 1. The third kappa shape index (κ3) is 4.20. The average molecular weight is 294 g/mol. The third-order valence-electron chi connectivity index (χ3n) is 2.62. The highest BCUT2D eigenvalue weighted by Gasteiger charge is 2.00. The number of hydrogen-bond acceptors (Lipinski definition) is 2. The Morgan fingerprint density at radius 1 is 1.50 bits per heavy atom. The van der Waals surface area contributed by atoms with E-state index in [1.807, 2.05) is 0 Å². The molecule has 1 aromatic carbocycles. The molecule has 0 saturated heterocycles. The van der Waals surface area contributed by atoms with Gasteiger partial charge in [0.2, 0.25) is 5.91 Å². The summed E-state index contributed by atoms with van der Waals surface area (Å²) in [5.41, 5.74) is 1.62. The first-order valence-electron chi connectivity index (χ1n) is 6.03. The van der Waals surface area contributed by atoms with E-state index in [0.29, 0.717) is 18.5 Å². The van der Waals surface area contributed by atoms with E-state index in [1.165, 1.54) is 18.2 Å². The van der Waals surface area contributed by atoms with Crippen LogP contribution in [0.2, 0.25) is 5.02 Å². The van der Waals surface area contributed by atoms with Gasteiger partial charge in [0, 0.05) is 30.9 Å². The number of carbonyl (C=O) groups excluding carboxylic acids is 1. The van der Waals surface area contributed by atoms with Crippen LogP contribution in [0.3, 0.4) is 0 Å². The van der Waals surface area contributed by atoms with Gasteiger partial charge in [0.05, 0.1) is 11.3 Å². The standard InChI is InChI=1S/C14H13ClFN3O/c15-12-7-10(1-3-13(12)16)2-4-14(20)18-6-5-11-8-17-9-19-11/h1-4,7-9H,5-6H2,(H,17,19)(H,18,20). The van der Waals surface area contributed by atoms with Crippen molar-refractivity contribution in [2.45, 2.75) is 6.42 Å². The van der Waals surface area contributed by atoms with Crippen LogP contribution in [0.15, 0.2) is 36.8 Å². The molecule has 0 radical (unpaired) electrons. The molecule has 1 aromatic heterocycles. The van der Waals surface area contributed by atoms with Gasteiger partial charge in [-0.2, -0.15) is 0 Å². The van der Waals surface area contributed by atoms with Crippen molar-refractivity contribution < 1.29 is 9.18 Å². The molecule has 0 spiro atoms. The summed E-state index contributed by atoms with van der Waals surface area (Å²) < 4.78 is 13.0. The van der Waals surface area contributed by atoms with Crippen molar-refractivity contribution in [1.82, 2.24) is 15.3 Å². The lowest BCUT2D eigenvalue weighted by molar-refractivity contribution is -0.116. The zero-order valence-corrected chi connectivity index (χ0v) is 11.3. The van der Waals surface area contributed by atoms with Gasteiger partial charge in [-0.25, -0.2) is 9.37 Å². The SMILES string of the molecule is O=C(C=Cc1ccc(F)c(Cl)c1)NCCc1cnc[nH]1. The van der Waals surface area contributed by atoms with Gasteiger partial charge >= 0.3 is 0 Å². The van der Waals surface area contributed by atoms with Crippen LogP contribution in [0.5, 0.6) is 0 Å². The predicted octanol–water partition coefficient (Wildman–Crippen LogP) is 2.57. The van der Waals surface area contributed by atoms with Crippen molar-refractivity contribution in [1.29, 1.82) is 0 Å². The van der Waals surface area contributed by atoms with Crippen molar-refractivity contribution in [2.75, 3.05) is 6.54 Å². The van der Waals surface area contributed by atoms with E-state index in [0.717, 1.165) is 5.69 Å². The van der Waals surface area contributed by atoms with Crippen LogP contribution in [-0.2, 0) is 11.2 Å². The molecule has 20 heavy (non-hydrogen) atoms. The molecule has 0 fully saturated rings. The van der Waals surface area contributed by atoms with Gasteiger partial charge in [-0.15, -0.1) is 0 Å². The van der Waals surface area contributed by atoms with Crippen molar-refractivity contribution in [3.8, 4) is 0 Å². The average Bonchev–Trinajstić information content (AvgIpc) is 2.93. The first-order valence-corrected chi connectivity index (χ1v) is 6.41. The fourth-order valence-corrected chi connectivity index (χ4v) is 1.78. The fraction of sp³-hybridized carbons (Fsp3) is 0.143. The number of amides is 1. The Kier molecular flexibility index (Phi) is 4.90. The highest BCUT2D eigenvalue weighted by atomic mass is 35.5. The minimum absolute atomic E-state index is 0.0341. The summed E-state index contributed by atoms with van der Waals surface area (Å²) in [4.78, 5) is 18.4. The molecule has 0 aliphatic carbocycles. The van der Waals surface area contributed by atoms with Gasteiger partial charge in [-0.05, 0) is 23.8 Å². The lowest BCUT2D eigenvalue weighted by Gasteiger charge is -2.00. The number of nitrogens with one attached hydrogen (secondary N) is 2. The van der Waals surface area contributed by atoms with Crippen LogP contribution in [0.4, 0.5) is 4.39 Å². The first-order chi connectivity index (χ1) is 9.65. The number of aromatic nitrogens is 2. The quantitative estimate of drug-likeness (QED) is 0.833. The number of H-pyrrole nitrogens is 1. The van der Waals surface area contributed by atoms with Crippen molar-refractivity contribution in [2.24, 2.45) is 0 Å². The maximum Gasteiger partial charge on any atom is 0.244 e. The topological polar surface area (TPSA) is 57.8 Å². The smallest absolute Gasteiger partial charge is 0.244 e. The van der Waals surface area contributed by atoms with Gasteiger partial charge in [-0.1, -0.05) is 17.7 Å². The minimum atomic E-state index is -0.479. The molecule has 1 amide bonds. The maximum atomic E-state index is 13.0. The summed E-state index contributed by atoms with van der Waals surface area (Å²) >= 11 is 5.65. The summed E-state index contributed by atoms with van der Waals surface area (Å²) in [5.74, 6) is -0.696. The van der Waals surface area contributed by atoms with E-state index in [2.05, 4.69) is 15.3 Å². The van der Waals surface area contributed by atoms with Crippen LogP contribution >= 0.6 is 11.6 Å². The summed E-state index contributed by atoms with van der Waals surface area (Å²) in [6, 6.07) is 4.28. The summed E-state index contributed by atoms with van der Waals surface area (Å²) in [5, 5.41) is 2.77. The second kappa shape index (κ2) is 6.86. The molecule has 0 bridgehead atoms. The molecule has 0 aliphatic rings. The lowest BCUT2D eigenvalue weighted by Crippen LogP contribution is -2.23. The molecule has 104 valence electrons. The molecule has 2 aromatic rings. The Bertz CT molecular complexity index is 611. The van der Waals surface area contributed by atoms with Gasteiger partial charge in [-0.3, -0.25) is 4.79 Å². The summed E-state index contributed by atoms with van der Waals surface area (Å²) in [7, 11) is 0. The Hall–Kier alpha value is -2.14. The predicted molar refractivity (Wildman–Crippen MR) is 75.7 cm³/mol. The number of nitrogens with zero attached hydrogens (tertiary/aromatic N) is 1. The first kappa shape index (κ1) is 14.3. The minimum Gasteiger partial charge on any atom is -0.352 e. The van der Waals surface area contributed by atoms with Crippen LogP contribution < -0.4 is 5.32 Å². The van der Waals surface area contributed by atoms with Gasteiger partial charge in [0.1, 0.15) is 5.82 Å². The van der Waals surface area contributed by atoms with Crippen molar-refractivity contribution in [3.05, 3.63) is 58.9 Å². The number of hydrogen-bond donors (Lipinski definition) is 2. The van der Waals surface area contributed by atoms with E-state index in [-0.39, 0.29) is 10.9 Å². The molecular weight excluding hydrogens is 281 g/mol. The Labute approximate surface area is 120 Å². The van der Waals surface area contributed by atoms with E-state index in [1.54, 1.807) is 24.7 Å². The van der Waals surface area contributed by atoms with E-state index in [9.17, 15) is 9.18 Å². The number of rotatable bonds is 5. The Morgan fingerprint density at radius 2 is 2.35 bits per heavy atom. The van der Waals surface area contributed by atoms with Gasteiger partial charge in [0.25, 0.3) is 0 Å². The summed E-state index contributed by atoms with van der Waals surface area (Å²) in [6.07, 6.45) is 6.95. The highest BCUT2D eigenvalue weighted by molar-refractivity contribution is 6.30. The van der Waals surface area contributed by atoms with Gasteiger partial charge < -0.3 is 10.3 Å². The van der Waals surface area contributed by atoms with E-state index < -0.39 is 5.82 Å². The van der Waals surface area contributed by atoms with E-state index >= 15 is 0 Å². The Morgan fingerprint density at radius 3 is 3.05 bits per heavy atom. The molecule has 2 N–H and O–H groups in total. The maximum absolute atomic E-state index is 13.0. The number of carbonyl (C=O) groups is 1. The molecule has 4 nitrogen and oxygen atoms in total. The summed E-state index contributed by atoms with van der Waals surface area (Å²) in [6.45, 7) is 0.509.